The number of rotatable bonds is 4. The number of carbonyl (C=O) groups is 1. The van der Waals surface area contributed by atoms with E-state index in [1.807, 2.05) is 0 Å². The first-order chi connectivity index (χ1) is 9.08. The normalized spacial score (nSPS) is 20.2. The molecule has 19 heavy (non-hydrogen) atoms. The van der Waals surface area contributed by atoms with Gasteiger partial charge >= 0.3 is 5.97 Å². The minimum absolute atomic E-state index is 0.202. The van der Waals surface area contributed by atoms with Crippen LogP contribution >= 0.6 is 15.9 Å². The van der Waals surface area contributed by atoms with E-state index in [1.54, 1.807) is 12.3 Å². The van der Waals surface area contributed by atoms with Gasteiger partial charge in [0.05, 0.1) is 0 Å². The maximum absolute atomic E-state index is 11.2. The molecule has 1 fully saturated rings. The Kier molecular flexibility index (Phi) is 4.76. The van der Waals surface area contributed by atoms with Crippen molar-refractivity contribution in [1.29, 1.82) is 0 Å². The number of piperidine rings is 1. The number of aromatic carboxylic acids is 1. The van der Waals surface area contributed by atoms with Crippen LogP contribution in [0, 0.1) is 0 Å². The van der Waals surface area contributed by atoms with Gasteiger partial charge in [-0.05, 0) is 48.4 Å². The fraction of sp³-hybridized carbons (Fsp3) is 0.538. The van der Waals surface area contributed by atoms with E-state index in [0.29, 0.717) is 16.3 Å². The molecule has 1 aliphatic rings. The molecule has 0 saturated carbocycles. The van der Waals surface area contributed by atoms with Crippen LogP contribution < -0.4 is 5.32 Å². The van der Waals surface area contributed by atoms with Gasteiger partial charge in [0, 0.05) is 23.3 Å². The Balaban J connectivity index is 2.04. The lowest BCUT2D eigenvalue weighted by Gasteiger charge is -2.32. The van der Waals surface area contributed by atoms with E-state index in [2.05, 4.69) is 38.2 Å². The molecule has 0 aromatic carbocycles. The molecule has 2 heterocycles. The van der Waals surface area contributed by atoms with Crippen LogP contribution in [-0.4, -0.2) is 47.1 Å². The average Bonchev–Trinajstić information content (AvgIpc) is 2.38. The predicted octanol–water partition coefficient (Wildman–Crippen LogP) is 2.44. The van der Waals surface area contributed by atoms with E-state index in [9.17, 15) is 4.79 Å². The van der Waals surface area contributed by atoms with Crippen LogP contribution in [0.5, 0.6) is 0 Å². The molecule has 104 valence electrons. The van der Waals surface area contributed by atoms with E-state index in [0.717, 1.165) is 19.5 Å². The Bertz CT molecular complexity index is 467. The van der Waals surface area contributed by atoms with Crippen LogP contribution in [0.25, 0.3) is 0 Å². The predicted molar refractivity (Wildman–Crippen MR) is 77.7 cm³/mol. The van der Waals surface area contributed by atoms with E-state index in [-0.39, 0.29) is 5.56 Å². The largest absolute Gasteiger partial charge is 0.478 e. The van der Waals surface area contributed by atoms with Gasteiger partial charge in [0.2, 0.25) is 0 Å². The summed E-state index contributed by atoms with van der Waals surface area (Å²) >= 11 is 3.24. The summed E-state index contributed by atoms with van der Waals surface area (Å²) < 4.78 is 0.672. The number of pyridine rings is 1. The van der Waals surface area contributed by atoms with Gasteiger partial charge in [-0.25, -0.2) is 9.78 Å². The highest BCUT2D eigenvalue weighted by atomic mass is 79.9. The lowest BCUT2D eigenvalue weighted by Crippen LogP contribution is -2.41. The Labute approximate surface area is 121 Å². The molecule has 5 nitrogen and oxygen atoms in total. The molecule has 2 N–H and O–H groups in total. The second-order valence-electron chi connectivity index (χ2n) is 4.87. The third kappa shape index (κ3) is 3.67. The Morgan fingerprint density at radius 2 is 2.42 bits per heavy atom. The lowest BCUT2D eigenvalue weighted by atomic mass is 10.0. The molecular weight excluding hydrogens is 310 g/mol. The zero-order valence-corrected chi connectivity index (χ0v) is 12.5. The van der Waals surface area contributed by atoms with Gasteiger partial charge in [0.1, 0.15) is 11.4 Å². The van der Waals surface area contributed by atoms with Gasteiger partial charge in [-0.15, -0.1) is 0 Å². The zero-order valence-electron chi connectivity index (χ0n) is 10.9. The summed E-state index contributed by atoms with van der Waals surface area (Å²) in [6.07, 6.45) is 5.22. The summed E-state index contributed by atoms with van der Waals surface area (Å²) in [5, 5.41) is 12.3. The van der Waals surface area contributed by atoms with Gasteiger partial charge in [0.25, 0.3) is 0 Å². The van der Waals surface area contributed by atoms with Gasteiger partial charge < -0.3 is 15.3 Å². The molecule has 0 aliphatic carbocycles. The number of carboxylic acids is 1. The number of nitrogens with one attached hydrogen (secondary N) is 1. The van der Waals surface area contributed by atoms with E-state index < -0.39 is 5.97 Å². The van der Waals surface area contributed by atoms with Crippen LogP contribution in [0.2, 0.25) is 0 Å². The van der Waals surface area contributed by atoms with Crippen molar-refractivity contribution in [3.63, 3.8) is 0 Å². The molecule has 0 radical (unpaired) electrons. The third-order valence-electron chi connectivity index (χ3n) is 3.51. The minimum Gasteiger partial charge on any atom is -0.478 e. The van der Waals surface area contributed by atoms with E-state index in [1.165, 1.54) is 12.8 Å². The maximum atomic E-state index is 11.2. The monoisotopic (exact) mass is 327 g/mol. The molecular formula is C13H18BrN3O2. The topological polar surface area (TPSA) is 65.5 Å². The highest BCUT2D eigenvalue weighted by Crippen LogP contribution is 2.20. The molecule has 2 rings (SSSR count). The maximum Gasteiger partial charge on any atom is 0.339 e. The van der Waals surface area contributed by atoms with E-state index >= 15 is 0 Å². The highest BCUT2D eigenvalue weighted by Gasteiger charge is 2.20. The second kappa shape index (κ2) is 6.34. The third-order valence-corrected chi connectivity index (χ3v) is 3.95. The van der Waals surface area contributed by atoms with Crippen LogP contribution in [0.3, 0.4) is 0 Å². The van der Waals surface area contributed by atoms with Crippen molar-refractivity contribution in [3.8, 4) is 0 Å². The van der Waals surface area contributed by atoms with Crippen LogP contribution in [0.1, 0.15) is 29.6 Å². The Morgan fingerprint density at radius 1 is 1.63 bits per heavy atom. The Hall–Kier alpha value is -1.14. The quantitative estimate of drug-likeness (QED) is 0.889. The van der Waals surface area contributed by atoms with Crippen molar-refractivity contribution in [2.45, 2.75) is 25.3 Å². The number of carboxylic acid groups (broad SMARTS) is 1. The summed E-state index contributed by atoms with van der Waals surface area (Å²) in [7, 11) is 2.11. The van der Waals surface area contributed by atoms with Gasteiger partial charge in [0.15, 0.2) is 0 Å². The smallest absolute Gasteiger partial charge is 0.339 e. The zero-order chi connectivity index (χ0) is 13.8. The molecule has 1 atom stereocenters. The van der Waals surface area contributed by atoms with Crippen LogP contribution in [-0.2, 0) is 0 Å². The summed E-state index contributed by atoms with van der Waals surface area (Å²) in [6, 6.07) is 2.02. The fourth-order valence-corrected chi connectivity index (χ4v) is 2.69. The number of anilines is 1. The molecule has 1 aromatic heterocycles. The summed E-state index contributed by atoms with van der Waals surface area (Å²) in [5.74, 6) is -0.525. The number of likely N-dealkylation sites (N-methyl/N-ethyl adjacent to an activating group) is 1. The molecule has 0 bridgehead atoms. The molecule has 1 saturated heterocycles. The van der Waals surface area contributed by atoms with Crippen molar-refractivity contribution >= 4 is 27.7 Å². The number of hydrogen-bond acceptors (Lipinski definition) is 4. The van der Waals surface area contributed by atoms with Crippen molar-refractivity contribution in [3.05, 3.63) is 22.3 Å². The SMILES string of the molecule is CN1CCCCC1CNc1ncc(Br)cc1C(=O)O. The molecule has 0 spiro atoms. The lowest BCUT2D eigenvalue weighted by molar-refractivity contribution is 0.0697. The number of aromatic nitrogens is 1. The summed E-state index contributed by atoms with van der Waals surface area (Å²) in [4.78, 5) is 17.6. The van der Waals surface area contributed by atoms with Crippen molar-refractivity contribution < 1.29 is 9.90 Å². The molecule has 1 aliphatic heterocycles. The first-order valence-corrected chi connectivity index (χ1v) is 7.20. The molecule has 6 heteroatoms. The average molecular weight is 328 g/mol. The van der Waals surface area contributed by atoms with E-state index in [4.69, 9.17) is 5.11 Å². The molecule has 1 unspecified atom stereocenters. The second-order valence-corrected chi connectivity index (χ2v) is 5.78. The number of halogens is 1. The van der Waals surface area contributed by atoms with Crippen LogP contribution in [0.15, 0.2) is 16.7 Å². The number of nitrogens with zero attached hydrogens (tertiary/aromatic N) is 2. The standard InChI is InChI=1S/C13H18BrN3O2/c1-17-5-3-2-4-10(17)8-16-12-11(13(18)19)6-9(14)7-15-12/h6-7,10H,2-5,8H2,1H3,(H,15,16)(H,18,19). The molecule has 1 aromatic rings. The van der Waals surface area contributed by atoms with Crippen molar-refractivity contribution in [1.82, 2.24) is 9.88 Å². The summed E-state index contributed by atoms with van der Waals surface area (Å²) in [6.45, 7) is 1.83. The highest BCUT2D eigenvalue weighted by molar-refractivity contribution is 9.10. The minimum atomic E-state index is -0.965. The number of likely N-dealkylation sites (tertiary alicyclic amines) is 1. The van der Waals surface area contributed by atoms with Gasteiger partial charge in [-0.3, -0.25) is 0 Å². The Morgan fingerprint density at radius 3 is 3.11 bits per heavy atom. The molecule has 0 amide bonds. The van der Waals surface area contributed by atoms with Gasteiger partial charge in [-0.2, -0.15) is 0 Å². The van der Waals surface area contributed by atoms with Gasteiger partial charge in [-0.1, -0.05) is 6.42 Å². The fourth-order valence-electron chi connectivity index (χ4n) is 2.36. The van der Waals surface area contributed by atoms with Crippen LogP contribution in [0.4, 0.5) is 5.82 Å². The first kappa shape index (κ1) is 14.3. The number of hydrogen-bond donors (Lipinski definition) is 2. The van der Waals surface area contributed by atoms with Crippen molar-refractivity contribution in [2.75, 3.05) is 25.5 Å². The summed E-state index contributed by atoms with van der Waals surface area (Å²) in [5.41, 5.74) is 0.202. The first-order valence-electron chi connectivity index (χ1n) is 6.41. The van der Waals surface area contributed by atoms with Crippen molar-refractivity contribution in [2.24, 2.45) is 0 Å².